The van der Waals surface area contributed by atoms with Crippen molar-refractivity contribution >= 4 is 11.8 Å². The molecule has 0 bridgehead atoms. The number of aryl methyl sites for hydroxylation is 2. The molecule has 0 aromatic heterocycles. The number of methoxy groups -OCH3 is 1. The van der Waals surface area contributed by atoms with Gasteiger partial charge in [0.1, 0.15) is 11.8 Å². The van der Waals surface area contributed by atoms with Gasteiger partial charge in [0, 0.05) is 19.5 Å². The van der Waals surface area contributed by atoms with Gasteiger partial charge < -0.3 is 15.0 Å². The van der Waals surface area contributed by atoms with E-state index in [0.717, 1.165) is 16.9 Å². The molecule has 0 saturated heterocycles. The highest BCUT2D eigenvalue weighted by Gasteiger charge is 2.26. The fraction of sp³-hybridized carbons (Fsp3) is 0.440. The maximum atomic E-state index is 13.1. The van der Waals surface area contributed by atoms with Gasteiger partial charge >= 0.3 is 0 Å². The lowest BCUT2D eigenvalue weighted by Crippen LogP contribution is -2.48. The second kappa shape index (κ2) is 11.4. The first-order chi connectivity index (χ1) is 14.3. The van der Waals surface area contributed by atoms with E-state index in [1.54, 1.807) is 18.9 Å². The van der Waals surface area contributed by atoms with Crippen LogP contribution >= 0.6 is 0 Å². The van der Waals surface area contributed by atoms with E-state index >= 15 is 0 Å². The minimum absolute atomic E-state index is 0.0291. The number of benzene rings is 2. The van der Waals surface area contributed by atoms with E-state index < -0.39 is 6.04 Å². The molecule has 0 saturated carbocycles. The molecule has 2 rings (SSSR count). The number of hydrogen-bond acceptors (Lipinski definition) is 3. The third-order valence-electron chi connectivity index (χ3n) is 5.11. The van der Waals surface area contributed by atoms with Crippen LogP contribution in [0.1, 0.15) is 43.9 Å². The van der Waals surface area contributed by atoms with E-state index in [4.69, 9.17) is 4.74 Å². The molecule has 0 unspecified atom stereocenters. The Kier molecular flexibility index (Phi) is 8.90. The summed E-state index contributed by atoms with van der Waals surface area (Å²) in [6.07, 6.45) is 1.01. The van der Waals surface area contributed by atoms with Gasteiger partial charge in [-0.15, -0.1) is 0 Å². The molecule has 0 aliphatic rings. The van der Waals surface area contributed by atoms with Crippen LogP contribution in [0.25, 0.3) is 0 Å². The summed E-state index contributed by atoms with van der Waals surface area (Å²) in [4.78, 5) is 27.5. The number of ether oxygens (including phenoxy) is 1. The van der Waals surface area contributed by atoms with Crippen molar-refractivity contribution in [1.82, 2.24) is 10.2 Å². The first-order valence-electron chi connectivity index (χ1n) is 10.6. The lowest BCUT2D eigenvalue weighted by Gasteiger charge is -2.29. The van der Waals surface area contributed by atoms with Crippen LogP contribution in [0.5, 0.6) is 5.75 Å². The minimum Gasteiger partial charge on any atom is -0.497 e. The Hall–Kier alpha value is -2.82. The highest BCUT2D eigenvalue weighted by molar-refractivity contribution is 5.87. The second-order valence-electron chi connectivity index (χ2n) is 8.17. The largest absolute Gasteiger partial charge is 0.497 e. The maximum absolute atomic E-state index is 13.1. The number of hydrogen-bond donors (Lipinski definition) is 1. The molecule has 2 aromatic carbocycles. The van der Waals surface area contributed by atoms with Crippen molar-refractivity contribution in [3.63, 3.8) is 0 Å². The van der Waals surface area contributed by atoms with Crippen molar-refractivity contribution in [3.8, 4) is 5.75 Å². The van der Waals surface area contributed by atoms with Gasteiger partial charge in [0.15, 0.2) is 0 Å². The van der Waals surface area contributed by atoms with Crippen LogP contribution in [-0.4, -0.2) is 36.4 Å². The van der Waals surface area contributed by atoms with Crippen LogP contribution in [0.2, 0.25) is 0 Å². The summed E-state index contributed by atoms with van der Waals surface area (Å²) in [6.45, 7) is 8.91. The molecule has 0 heterocycles. The van der Waals surface area contributed by atoms with Gasteiger partial charge in [-0.05, 0) is 49.4 Å². The Morgan fingerprint density at radius 3 is 2.13 bits per heavy atom. The molecule has 0 spiro atoms. The van der Waals surface area contributed by atoms with Gasteiger partial charge in [-0.25, -0.2) is 0 Å². The number of rotatable bonds is 10. The van der Waals surface area contributed by atoms with E-state index in [1.165, 1.54) is 5.56 Å². The van der Waals surface area contributed by atoms with Crippen LogP contribution in [0, 0.1) is 12.8 Å². The van der Waals surface area contributed by atoms with Crippen molar-refractivity contribution in [2.75, 3.05) is 13.7 Å². The Bertz CT molecular complexity index is 813. The topological polar surface area (TPSA) is 58.6 Å². The molecule has 2 aromatic rings. The van der Waals surface area contributed by atoms with Gasteiger partial charge in [-0.2, -0.15) is 0 Å². The molecule has 2 amide bonds. The quantitative estimate of drug-likeness (QED) is 0.641. The second-order valence-corrected chi connectivity index (χ2v) is 8.17. The highest BCUT2D eigenvalue weighted by Crippen LogP contribution is 2.16. The van der Waals surface area contributed by atoms with Crippen molar-refractivity contribution in [3.05, 3.63) is 65.2 Å². The summed E-state index contributed by atoms with van der Waals surface area (Å²) in [5.74, 6) is 0.964. The molecular formula is C25H34N2O3. The van der Waals surface area contributed by atoms with Gasteiger partial charge in [-0.3, -0.25) is 9.59 Å². The van der Waals surface area contributed by atoms with Gasteiger partial charge in [0.2, 0.25) is 11.8 Å². The summed E-state index contributed by atoms with van der Waals surface area (Å²) >= 11 is 0. The van der Waals surface area contributed by atoms with Crippen LogP contribution < -0.4 is 10.1 Å². The minimum atomic E-state index is -0.545. The predicted octanol–water partition coefficient (Wildman–Crippen LogP) is 4.13. The molecule has 0 radical (unpaired) electrons. The lowest BCUT2D eigenvalue weighted by atomic mass is 10.1. The normalized spacial score (nSPS) is 11.8. The zero-order valence-electron chi connectivity index (χ0n) is 18.8. The number of carbonyl (C=O) groups excluding carboxylic acids is 2. The number of nitrogens with one attached hydrogen (secondary N) is 1. The van der Waals surface area contributed by atoms with Crippen LogP contribution in [0.15, 0.2) is 48.5 Å². The zero-order valence-corrected chi connectivity index (χ0v) is 18.8. The predicted molar refractivity (Wildman–Crippen MR) is 120 cm³/mol. The Labute approximate surface area is 180 Å². The van der Waals surface area contributed by atoms with Crippen molar-refractivity contribution in [2.45, 2.75) is 53.1 Å². The van der Waals surface area contributed by atoms with Gasteiger partial charge in [0.05, 0.1) is 7.11 Å². The van der Waals surface area contributed by atoms with E-state index in [0.29, 0.717) is 31.8 Å². The van der Waals surface area contributed by atoms with E-state index in [1.807, 2.05) is 45.0 Å². The smallest absolute Gasteiger partial charge is 0.242 e. The van der Waals surface area contributed by atoms with Crippen molar-refractivity contribution in [2.24, 2.45) is 5.92 Å². The van der Waals surface area contributed by atoms with E-state index in [2.05, 4.69) is 29.6 Å². The molecule has 30 heavy (non-hydrogen) atoms. The molecular weight excluding hydrogens is 376 g/mol. The van der Waals surface area contributed by atoms with Crippen LogP contribution in [0.4, 0.5) is 0 Å². The fourth-order valence-corrected chi connectivity index (χ4v) is 3.11. The number of amides is 2. The third-order valence-corrected chi connectivity index (χ3v) is 5.11. The van der Waals surface area contributed by atoms with Crippen LogP contribution in [0.3, 0.4) is 0 Å². The molecule has 0 aliphatic carbocycles. The van der Waals surface area contributed by atoms with Crippen LogP contribution in [-0.2, 0) is 22.6 Å². The molecule has 5 nitrogen and oxygen atoms in total. The number of nitrogens with zero attached hydrogens (tertiary/aromatic N) is 1. The molecule has 5 heteroatoms. The zero-order chi connectivity index (χ0) is 22.1. The molecule has 1 atom stereocenters. The molecule has 0 aliphatic heterocycles. The highest BCUT2D eigenvalue weighted by atomic mass is 16.5. The van der Waals surface area contributed by atoms with Gasteiger partial charge in [0.25, 0.3) is 0 Å². The standard InChI is InChI=1S/C25H34N2O3/c1-18(2)16-26-25(29)20(4)27(17-22-10-13-23(30-5)14-11-22)24(28)15-12-21-8-6-19(3)7-9-21/h6-11,13-14,18,20H,12,15-17H2,1-5H3,(H,26,29)/t20-/m1/s1. The first kappa shape index (κ1) is 23.5. The average molecular weight is 411 g/mol. The van der Waals surface area contributed by atoms with E-state index in [-0.39, 0.29) is 11.8 Å². The first-order valence-corrected chi connectivity index (χ1v) is 10.6. The summed E-state index contributed by atoms with van der Waals surface area (Å²) in [5, 5.41) is 2.95. The fourth-order valence-electron chi connectivity index (χ4n) is 3.11. The summed E-state index contributed by atoms with van der Waals surface area (Å²) in [7, 11) is 1.62. The Morgan fingerprint density at radius 2 is 1.57 bits per heavy atom. The summed E-state index contributed by atoms with van der Waals surface area (Å²) < 4.78 is 5.21. The van der Waals surface area contributed by atoms with Crippen molar-refractivity contribution < 1.29 is 14.3 Å². The Balaban J connectivity index is 2.12. The van der Waals surface area contributed by atoms with Crippen molar-refractivity contribution in [1.29, 1.82) is 0 Å². The monoisotopic (exact) mass is 410 g/mol. The molecule has 162 valence electrons. The summed E-state index contributed by atoms with van der Waals surface area (Å²) in [5.41, 5.74) is 3.28. The third kappa shape index (κ3) is 7.21. The lowest BCUT2D eigenvalue weighted by molar-refractivity contribution is -0.140. The van der Waals surface area contributed by atoms with E-state index in [9.17, 15) is 9.59 Å². The maximum Gasteiger partial charge on any atom is 0.242 e. The number of carbonyl (C=O) groups is 2. The molecule has 0 fully saturated rings. The molecule has 1 N–H and O–H groups in total. The average Bonchev–Trinajstić information content (AvgIpc) is 2.75. The summed E-state index contributed by atoms with van der Waals surface area (Å²) in [6, 6.07) is 15.3. The Morgan fingerprint density at radius 1 is 0.967 bits per heavy atom. The SMILES string of the molecule is COc1ccc(CN(C(=O)CCc2ccc(C)cc2)[C@H](C)C(=O)NCC(C)C)cc1. The van der Waals surface area contributed by atoms with Gasteiger partial charge in [-0.1, -0.05) is 55.8 Å².